The fourth-order valence-corrected chi connectivity index (χ4v) is 1.79. The van der Waals surface area contributed by atoms with Crippen LogP contribution in [0.3, 0.4) is 0 Å². The average Bonchev–Trinajstić information content (AvgIpc) is 2.28. The van der Waals surface area contributed by atoms with E-state index in [9.17, 15) is 23.4 Å². The number of ether oxygens (including phenoxy) is 2. The fraction of sp³-hybridized carbons (Fsp3) is 1.00. The number of rotatable bonds is 5. The average molecular weight is 298 g/mol. The first-order chi connectivity index (χ1) is 8.55. The Labute approximate surface area is 109 Å². The van der Waals surface area contributed by atoms with E-state index in [1.807, 2.05) is 0 Å². The molecule has 0 unspecified atom stereocenters. The zero-order chi connectivity index (χ0) is 14.9. The standard InChI is InChI=1S/C8H16N3O7S/c1-4-19(15,16)9-10(12)8(11(13)14)5-17-7(2,3)18-6-8/h4-6H2,1-3H3,(H,9,12)/q+1. The highest BCUT2D eigenvalue weighted by atomic mass is 32.2. The van der Waals surface area contributed by atoms with Crippen molar-refractivity contribution in [3.05, 3.63) is 15.0 Å². The van der Waals surface area contributed by atoms with E-state index in [2.05, 4.69) is 0 Å². The minimum Gasteiger partial charge on any atom is -0.335 e. The first-order valence-corrected chi connectivity index (χ1v) is 7.10. The second-order valence-corrected chi connectivity index (χ2v) is 6.50. The highest BCUT2D eigenvalue weighted by Gasteiger charge is 2.65. The number of nitrogens with one attached hydrogen (secondary N) is 1. The Morgan fingerprint density at radius 2 is 1.74 bits per heavy atom. The number of hydrogen-bond acceptors (Lipinski definition) is 7. The van der Waals surface area contributed by atoms with E-state index >= 15 is 0 Å². The molecule has 110 valence electrons. The van der Waals surface area contributed by atoms with Crippen LogP contribution in [0.4, 0.5) is 0 Å². The molecule has 0 aromatic heterocycles. The number of sulfonamides is 1. The molecule has 0 bridgehead atoms. The Morgan fingerprint density at radius 3 is 2.11 bits per heavy atom. The maximum absolute atomic E-state index is 11.8. The van der Waals surface area contributed by atoms with Crippen LogP contribution in [0.1, 0.15) is 20.8 Å². The maximum atomic E-state index is 11.8. The number of hydrazine groups is 1. The highest BCUT2D eigenvalue weighted by Crippen LogP contribution is 2.25. The normalized spacial score (nSPS) is 21.6. The summed E-state index contributed by atoms with van der Waals surface area (Å²) in [4.78, 5) is 23.2. The summed E-state index contributed by atoms with van der Waals surface area (Å²) in [5.41, 5.74) is -2.34. The largest absolute Gasteiger partial charge is 0.523 e. The van der Waals surface area contributed by atoms with Crippen molar-refractivity contribution in [2.75, 3.05) is 19.0 Å². The number of hydrogen-bond donors (Lipinski definition) is 1. The van der Waals surface area contributed by atoms with E-state index in [0.717, 1.165) is 0 Å². The SMILES string of the molecule is CCS(=O)(=O)N[N+](=O)C1([N+](=O)[O-])COC(C)(C)OC1. The second-order valence-electron chi connectivity index (χ2n) is 4.51. The van der Waals surface area contributed by atoms with Gasteiger partial charge in [0.15, 0.2) is 19.0 Å². The summed E-state index contributed by atoms with van der Waals surface area (Å²) in [5.74, 6) is -1.45. The lowest BCUT2D eigenvalue weighted by Crippen LogP contribution is -2.65. The third kappa shape index (κ3) is 3.36. The lowest BCUT2D eigenvalue weighted by atomic mass is 10.2. The number of nitrogens with zero attached hydrogens (tertiary/aromatic N) is 2. The molecule has 1 aliphatic rings. The Morgan fingerprint density at radius 1 is 1.26 bits per heavy atom. The van der Waals surface area contributed by atoms with Gasteiger partial charge in [0.05, 0.1) is 10.7 Å². The summed E-state index contributed by atoms with van der Waals surface area (Å²) < 4.78 is 32.7. The van der Waals surface area contributed by atoms with Gasteiger partial charge in [-0.25, -0.2) is 8.42 Å². The van der Waals surface area contributed by atoms with Crippen molar-refractivity contribution in [3.8, 4) is 0 Å². The summed E-state index contributed by atoms with van der Waals surface area (Å²) in [5, 5.41) is 11.1. The van der Waals surface area contributed by atoms with Crippen LogP contribution in [0.15, 0.2) is 0 Å². The molecule has 1 heterocycles. The molecule has 0 aromatic rings. The third-order valence-electron chi connectivity index (χ3n) is 2.62. The molecule has 0 saturated carbocycles. The molecule has 0 amide bonds. The Balaban J connectivity index is 2.97. The van der Waals surface area contributed by atoms with Crippen LogP contribution in [0.2, 0.25) is 0 Å². The molecule has 0 spiro atoms. The predicted molar refractivity (Wildman–Crippen MR) is 61.9 cm³/mol. The van der Waals surface area contributed by atoms with Crippen LogP contribution in [0.25, 0.3) is 0 Å². The van der Waals surface area contributed by atoms with E-state index in [0.29, 0.717) is 0 Å². The lowest BCUT2D eigenvalue weighted by Gasteiger charge is -2.32. The van der Waals surface area contributed by atoms with Crippen LogP contribution in [-0.4, -0.2) is 48.6 Å². The minimum atomic E-state index is -3.92. The van der Waals surface area contributed by atoms with Gasteiger partial charge < -0.3 is 9.47 Å². The first-order valence-electron chi connectivity index (χ1n) is 5.44. The van der Waals surface area contributed by atoms with Gasteiger partial charge in [0, 0.05) is 0 Å². The molecule has 0 aliphatic carbocycles. The molecule has 1 saturated heterocycles. The molecule has 0 radical (unpaired) electrons. The zero-order valence-corrected chi connectivity index (χ0v) is 11.6. The van der Waals surface area contributed by atoms with Crippen molar-refractivity contribution in [1.82, 2.24) is 4.83 Å². The number of nitro groups is 1. The van der Waals surface area contributed by atoms with E-state index in [1.54, 1.807) is 4.83 Å². The monoisotopic (exact) mass is 298 g/mol. The molecular weight excluding hydrogens is 282 g/mol. The van der Waals surface area contributed by atoms with Gasteiger partial charge in [-0.05, 0) is 25.6 Å². The van der Waals surface area contributed by atoms with Crippen LogP contribution in [0.5, 0.6) is 0 Å². The molecule has 11 heteroatoms. The molecular formula is C8H16N3O7S+. The van der Waals surface area contributed by atoms with Crippen molar-refractivity contribution in [1.29, 1.82) is 0 Å². The molecule has 1 N–H and O–H groups in total. The molecule has 0 atom stereocenters. The van der Waals surface area contributed by atoms with Crippen molar-refractivity contribution in [2.45, 2.75) is 32.2 Å². The zero-order valence-electron chi connectivity index (χ0n) is 10.8. The highest BCUT2D eigenvalue weighted by molar-refractivity contribution is 7.89. The van der Waals surface area contributed by atoms with E-state index in [1.165, 1.54) is 20.8 Å². The van der Waals surface area contributed by atoms with Gasteiger partial charge >= 0.3 is 5.66 Å². The van der Waals surface area contributed by atoms with Gasteiger partial charge in [-0.1, -0.05) is 0 Å². The van der Waals surface area contributed by atoms with Crippen LogP contribution < -0.4 is 4.83 Å². The lowest BCUT2D eigenvalue weighted by molar-refractivity contribution is -0.850. The van der Waals surface area contributed by atoms with E-state index in [-0.39, 0.29) is 10.6 Å². The van der Waals surface area contributed by atoms with Gasteiger partial charge in [0.1, 0.15) is 4.92 Å². The van der Waals surface area contributed by atoms with Crippen LogP contribution in [0, 0.1) is 15.0 Å². The van der Waals surface area contributed by atoms with E-state index in [4.69, 9.17) is 9.47 Å². The summed E-state index contributed by atoms with van der Waals surface area (Å²) in [6.45, 7) is 3.17. The summed E-state index contributed by atoms with van der Waals surface area (Å²) >= 11 is 0. The fourth-order valence-electron chi connectivity index (χ4n) is 1.23. The molecule has 1 fully saturated rings. The Hall–Kier alpha value is -1.33. The van der Waals surface area contributed by atoms with Crippen molar-refractivity contribution in [3.63, 3.8) is 0 Å². The van der Waals surface area contributed by atoms with Gasteiger partial charge in [-0.15, -0.1) is 0 Å². The predicted octanol–water partition coefficient (Wildman–Crippen LogP) is -0.624. The molecule has 0 aromatic carbocycles. The maximum Gasteiger partial charge on any atom is 0.523 e. The first kappa shape index (κ1) is 15.7. The van der Waals surface area contributed by atoms with Crippen molar-refractivity contribution >= 4 is 10.0 Å². The quantitative estimate of drug-likeness (QED) is 0.310. The molecule has 19 heavy (non-hydrogen) atoms. The van der Waals surface area contributed by atoms with Crippen molar-refractivity contribution in [2.24, 2.45) is 0 Å². The Bertz CT molecular complexity index is 477. The summed E-state index contributed by atoms with van der Waals surface area (Å²) in [6.07, 6.45) is 0. The molecule has 10 nitrogen and oxygen atoms in total. The van der Waals surface area contributed by atoms with Gasteiger partial charge in [0.2, 0.25) is 4.87 Å². The van der Waals surface area contributed by atoms with Crippen molar-refractivity contribution < 1.29 is 27.7 Å². The molecule has 1 rings (SSSR count). The minimum absolute atomic E-state index is 0.332. The second kappa shape index (κ2) is 4.98. The van der Waals surface area contributed by atoms with Crippen LogP contribution in [-0.2, 0) is 19.5 Å². The summed E-state index contributed by atoms with van der Waals surface area (Å²) in [6, 6.07) is 0. The van der Waals surface area contributed by atoms with Gasteiger partial charge in [-0.3, -0.25) is 10.1 Å². The van der Waals surface area contributed by atoms with Crippen LogP contribution >= 0.6 is 0 Å². The summed E-state index contributed by atoms with van der Waals surface area (Å²) in [7, 11) is -3.92. The topological polar surface area (TPSA) is 128 Å². The smallest absolute Gasteiger partial charge is 0.335 e. The van der Waals surface area contributed by atoms with Gasteiger partial charge in [-0.2, -0.15) is 0 Å². The molecule has 1 aliphatic heterocycles. The van der Waals surface area contributed by atoms with E-state index < -0.39 is 39.6 Å². The third-order valence-corrected chi connectivity index (χ3v) is 3.83. The Kier molecular flexibility index (Phi) is 4.12. The van der Waals surface area contributed by atoms with Gasteiger partial charge in [0.25, 0.3) is 10.0 Å². The number of nitroso groups, excluding NO2 is 1.